The second-order valence-electron chi connectivity index (χ2n) is 13.5. The molecule has 0 aliphatic carbocycles. The lowest BCUT2D eigenvalue weighted by molar-refractivity contribution is -0.143. The third-order valence-electron chi connectivity index (χ3n) is 8.02. The molecule has 0 spiro atoms. The van der Waals surface area contributed by atoms with Gasteiger partial charge in [-0.25, -0.2) is 4.79 Å². The summed E-state index contributed by atoms with van der Waals surface area (Å²) in [5.74, 6) is -7.30. The molecular formula is C33H63N15O9. The maximum absolute atomic E-state index is 13.9. The maximum Gasteiger partial charge on any atom is 0.326 e. The first kappa shape index (κ1) is 51.2. The molecule has 0 fully saturated rings. The molecule has 57 heavy (non-hydrogen) atoms. The Morgan fingerprint density at radius 2 is 0.982 bits per heavy atom. The van der Waals surface area contributed by atoms with Crippen LogP contribution in [0.3, 0.4) is 0 Å². The first-order valence-electron chi connectivity index (χ1n) is 18.6. The van der Waals surface area contributed by atoms with E-state index in [-0.39, 0.29) is 95.4 Å². The third kappa shape index (κ3) is 24.4. The van der Waals surface area contributed by atoms with Crippen LogP contribution < -0.4 is 72.0 Å². The van der Waals surface area contributed by atoms with Crippen molar-refractivity contribution in [3.63, 3.8) is 0 Å². The average Bonchev–Trinajstić information content (AvgIpc) is 3.13. The van der Waals surface area contributed by atoms with Crippen LogP contribution in [-0.4, -0.2) is 127 Å². The summed E-state index contributed by atoms with van der Waals surface area (Å²) in [6.45, 7) is 3.04. The Kier molecular flexibility index (Phi) is 25.7. The second kappa shape index (κ2) is 28.6. The quantitative estimate of drug-likeness (QED) is 0.0182. The predicted molar refractivity (Wildman–Crippen MR) is 210 cm³/mol. The van der Waals surface area contributed by atoms with Gasteiger partial charge in [0, 0.05) is 19.5 Å². The molecule has 0 aromatic rings. The fourth-order valence-electron chi connectivity index (χ4n) is 5.14. The van der Waals surface area contributed by atoms with E-state index in [0.29, 0.717) is 12.8 Å². The van der Waals surface area contributed by atoms with E-state index in [9.17, 15) is 43.5 Å². The van der Waals surface area contributed by atoms with Crippen molar-refractivity contribution < 1.29 is 43.5 Å². The highest BCUT2D eigenvalue weighted by molar-refractivity contribution is 5.96. The summed E-state index contributed by atoms with van der Waals surface area (Å²) in [6, 6.07) is -6.55. The molecule has 24 heteroatoms. The van der Waals surface area contributed by atoms with E-state index in [1.807, 2.05) is 0 Å². The summed E-state index contributed by atoms with van der Waals surface area (Å²) in [4.78, 5) is 110. The molecule has 0 bridgehead atoms. The number of carbonyl (C=O) groups excluding carboxylic acids is 7. The van der Waals surface area contributed by atoms with Crippen LogP contribution in [-0.2, 0) is 38.4 Å². The van der Waals surface area contributed by atoms with Gasteiger partial charge in [0.2, 0.25) is 41.4 Å². The van der Waals surface area contributed by atoms with Crippen LogP contribution in [0.5, 0.6) is 0 Å². The number of hydrogen-bond acceptors (Lipinski definition) is 12. The molecule has 0 aromatic heterocycles. The van der Waals surface area contributed by atoms with E-state index in [2.05, 4.69) is 41.9 Å². The largest absolute Gasteiger partial charge is 0.480 e. The van der Waals surface area contributed by atoms with Gasteiger partial charge in [0.1, 0.15) is 30.2 Å². The summed E-state index contributed by atoms with van der Waals surface area (Å²) < 4.78 is 0. The highest BCUT2D eigenvalue weighted by atomic mass is 16.4. The number of carbonyl (C=O) groups is 8. The molecule has 0 radical (unpaired) electrons. The van der Waals surface area contributed by atoms with Gasteiger partial charge >= 0.3 is 5.97 Å². The Balaban J connectivity index is 6.50. The predicted octanol–water partition coefficient (Wildman–Crippen LogP) is -5.88. The number of hydrogen-bond donors (Lipinski definition) is 14. The Bertz CT molecular complexity index is 1400. The van der Waals surface area contributed by atoms with Gasteiger partial charge in [0.05, 0.1) is 13.1 Å². The molecule has 0 aliphatic heterocycles. The third-order valence-corrected chi connectivity index (χ3v) is 8.02. The molecule has 0 unspecified atom stereocenters. The molecule has 0 saturated heterocycles. The minimum atomic E-state index is -1.37. The molecule has 5 atom stereocenters. The van der Waals surface area contributed by atoms with E-state index >= 15 is 0 Å². The molecule has 324 valence electrons. The highest BCUT2D eigenvalue weighted by Crippen LogP contribution is 2.10. The summed E-state index contributed by atoms with van der Waals surface area (Å²) >= 11 is 0. The number of nitrogens with one attached hydrogen (secondary N) is 6. The first-order chi connectivity index (χ1) is 26.8. The molecule has 0 aliphatic rings. The number of unbranched alkanes of at least 4 members (excludes halogenated alkanes) is 1. The summed E-state index contributed by atoms with van der Waals surface area (Å²) in [5.41, 5.74) is 37.8. The molecule has 0 saturated carbocycles. The van der Waals surface area contributed by atoms with Crippen molar-refractivity contribution in [2.75, 3.05) is 32.7 Å². The van der Waals surface area contributed by atoms with Crippen LogP contribution >= 0.6 is 0 Å². The first-order valence-corrected chi connectivity index (χ1v) is 18.6. The van der Waals surface area contributed by atoms with Crippen LogP contribution in [0, 0.1) is 5.92 Å². The van der Waals surface area contributed by atoms with E-state index in [1.54, 1.807) is 13.8 Å². The van der Waals surface area contributed by atoms with E-state index < -0.39 is 84.1 Å². The lowest BCUT2D eigenvalue weighted by Gasteiger charge is -2.27. The zero-order valence-electron chi connectivity index (χ0n) is 32.7. The number of aliphatic imine (C=N–C) groups is 2. The smallest absolute Gasteiger partial charge is 0.326 e. The molecule has 24 nitrogen and oxygen atoms in total. The highest BCUT2D eigenvalue weighted by Gasteiger charge is 2.32. The van der Waals surface area contributed by atoms with Crippen molar-refractivity contribution in [1.29, 1.82) is 0 Å². The van der Waals surface area contributed by atoms with E-state index in [4.69, 9.17) is 40.1 Å². The lowest BCUT2D eigenvalue weighted by Crippen LogP contribution is -2.59. The fourth-order valence-corrected chi connectivity index (χ4v) is 5.14. The van der Waals surface area contributed by atoms with Crippen LogP contribution in [0.25, 0.3) is 0 Å². The number of rotatable bonds is 30. The SMILES string of the molecule is CC(C)C[C@H](NC(=O)[C@H](CCCN=C(N)N)NC(=O)[C@H](CCCN=C(N)N)NC(=O)[C@H](CCCCN)NC(=O)[C@H](CCC(N)=O)NC(=O)CNC(=O)CN)C(=O)O. The molecule has 7 amide bonds. The van der Waals surface area contributed by atoms with Gasteiger partial charge in [-0.2, -0.15) is 0 Å². The molecular weight excluding hydrogens is 750 g/mol. The number of nitrogens with two attached hydrogens (primary N) is 7. The van der Waals surface area contributed by atoms with Crippen molar-refractivity contribution >= 4 is 59.2 Å². The van der Waals surface area contributed by atoms with Gasteiger partial charge in [-0.1, -0.05) is 13.8 Å². The minimum Gasteiger partial charge on any atom is -0.480 e. The molecule has 0 rings (SSSR count). The van der Waals surface area contributed by atoms with Crippen LogP contribution in [0.4, 0.5) is 0 Å². The number of primary amides is 1. The van der Waals surface area contributed by atoms with Crippen LogP contribution in [0.2, 0.25) is 0 Å². The zero-order chi connectivity index (χ0) is 43.5. The van der Waals surface area contributed by atoms with Gasteiger partial charge in [-0.3, -0.25) is 43.5 Å². The number of carboxylic acids is 1. The molecule has 21 N–H and O–H groups in total. The number of aliphatic carboxylic acids is 1. The molecule has 0 heterocycles. The summed E-state index contributed by atoms with van der Waals surface area (Å²) in [7, 11) is 0. The van der Waals surface area contributed by atoms with Gasteiger partial charge in [-0.05, 0) is 70.3 Å². The molecule has 0 aromatic carbocycles. The van der Waals surface area contributed by atoms with E-state index in [1.165, 1.54) is 0 Å². The van der Waals surface area contributed by atoms with Gasteiger partial charge in [0.15, 0.2) is 11.9 Å². The Morgan fingerprint density at radius 3 is 1.35 bits per heavy atom. The Morgan fingerprint density at radius 1 is 0.561 bits per heavy atom. The number of nitrogens with zero attached hydrogens (tertiary/aromatic N) is 2. The normalized spacial score (nSPS) is 13.4. The number of carboxylic acid groups (broad SMARTS) is 1. The Labute approximate surface area is 331 Å². The lowest BCUT2D eigenvalue weighted by atomic mass is 10.0. The van der Waals surface area contributed by atoms with Crippen molar-refractivity contribution in [3.8, 4) is 0 Å². The van der Waals surface area contributed by atoms with Crippen molar-refractivity contribution in [2.45, 2.75) is 108 Å². The summed E-state index contributed by atoms with van der Waals surface area (Å²) in [5, 5.41) is 24.6. The zero-order valence-corrected chi connectivity index (χ0v) is 32.7. The van der Waals surface area contributed by atoms with Gasteiger partial charge in [-0.15, -0.1) is 0 Å². The minimum absolute atomic E-state index is 0.0247. The Hall–Kier alpha value is -5.78. The number of guanidine groups is 2. The van der Waals surface area contributed by atoms with Crippen molar-refractivity contribution in [1.82, 2.24) is 31.9 Å². The van der Waals surface area contributed by atoms with Crippen molar-refractivity contribution in [2.24, 2.45) is 56.0 Å². The number of amides is 7. The van der Waals surface area contributed by atoms with E-state index in [0.717, 1.165) is 0 Å². The maximum atomic E-state index is 13.9. The van der Waals surface area contributed by atoms with Crippen LogP contribution in [0.1, 0.15) is 78.1 Å². The van der Waals surface area contributed by atoms with Crippen LogP contribution in [0.15, 0.2) is 9.98 Å². The topological polar surface area (TPSA) is 436 Å². The fraction of sp³-hybridized carbons (Fsp3) is 0.697. The van der Waals surface area contributed by atoms with Crippen molar-refractivity contribution in [3.05, 3.63) is 0 Å². The monoisotopic (exact) mass is 813 g/mol. The standard InChI is InChI=1S/C33H63N15O9/c1-18(2)15-23(31(56)57)48-29(54)21(9-6-14-42-33(39)40)47-28(53)20(8-5-13-41-32(37)38)46-27(52)19(7-3-4-12-34)45-30(55)22(10-11-24(36)49)44-26(51)17-43-25(50)16-35/h18-23H,3-17,34-35H2,1-2H3,(H2,36,49)(H,43,50)(H,44,51)(H,45,55)(H,46,52)(H,47,53)(H,48,54)(H,56,57)(H4,37,38,41)(H4,39,40,42)/t19-,20-,21-,22-,23-/m0/s1. The summed E-state index contributed by atoms with van der Waals surface area (Å²) in [6.07, 6.45) is 0.643. The second-order valence-corrected chi connectivity index (χ2v) is 13.5. The van der Waals surface area contributed by atoms with Gasteiger partial charge in [0.25, 0.3) is 0 Å². The average molecular weight is 814 g/mol. The van der Waals surface area contributed by atoms with Gasteiger partial charge < -0.3 is 77.1 Å².